The van der Waals surface area contributed by atoms with Crippen molar-refractivity contribution in [3.63, 3.8) is 0 Å². The zero-order chi connectivity index (χ0) is 41.4. The SMILES string of the molecule is c1cc(-c2ccc(N(c3ccccc3-c3cc4ccccc4c4ccccc34)c3cccc4c3sc3c5ccccc5ccc43)cc2)cc(-n2c3ccccc3c3ccccc32)c1. The van der Waals surface area contributed by atoms with Crippen molar-refractivity contribution in [1.29, 1.82) is 0 Å². The summed E-state index contributed by atoms with van der Waals surface area (Å²) in [6.07, 6.45) is 0. The third-order valence-corrected chi connectivity index (χ3v) is 14.2. The molecule has 0 aliphatic rings. The van der Waals surface area contributed by atoms with Gasteiger partial charge >= 0.3 is 0 Å². The van der Waals surface area contributed by atoms with Crippen molar-refractivity contribution in [2.75, 3.05) is 4.90 Å². The van der Waals surface area contributed by atoms with Gasteiger partial charge in [-0.3, -0.25) is 0 Å². The standard InChI is InChI=1S/C60H38N2S/c1-4-20-46-40(15-1)33-36-53-52-26-14-30-58(60(52)63-59(46)53)61(57-29-12-9-25-51(57)54-38-42-16-2-3-19-45(42)47-21-5-6-22-48(47)54)43-34-31-39(32-35-43)41-17-13-18-44(37-41)62-55-27-10-7-23-49(55)50-24-8-11-28-56(50)62/h1-38H. The summed E-state index contributed by atoms with van der Waals surface area (Å²) in [6.45, 7) is 0. The van der Waals surface area contributed by atoms with E-state index in [1.54, 1.807) is 0 Å². The third-order valence-electron chi connectivity index (χ3n) is 13.0. The summed E-state index contributed by atoms with van der Waals surface area (Å²) in [4.78, 5) is 2.50. The Labute approximate surface area is 368 Å². The van der Waals surface area contributed by atoms with E-state index in [0.29, 0.717) is 0 Å². The zero-order valence-corrected chi connectivity index (χ0v) is 35.1. The van der Waals surface area contributed by atoms with Crippen molar-refractivity contribution in [2.45, 2.75) is 0 Å². The lowest BCUT2D eigenvalue weighted by atomic mass is 9.92. The minimum atomic E-state index is 1.10. The van der Waals surface area contributed by atoms with Crippen molar-refractivity contribution in [3.05, 3.63) is 231 Å². The molecule has 0 atom stereocenters. The van der Waals surface area contributed by atoms with E-state index in [9.17, 15) is 0 Å². The van der Waals surface area contributed by atoms with E-state index >= 15 is 0 Å². The number of hydrogen-bond acceptors (Lipinski definition) is 2. The molecule has 0 aliphatic carbocycles. The van der Waals surface area contributed by atoms with Crippen LogP contribution in [0.15, 0.2) is 231 Å². The fraction of sp³-hybridized carbons (Fsp3) is 0. The number of aromatic nitrogens is 1. The van der Waals surface area contributed by atoms with E-state index in [2.05, 4.69) is 240 Å². The summed E-state index contributed by atoms with van der Waals surface area (Å²) >= 11 is 1.90. The average molecular weight is 819 g/mol. The average Bonchev–Trinajstić information content (AvgIpc) is 3.91. The largest absolute Gasteiger partial charge is 0.309 e. The molecule has 2 nitrogen and oxygen atoms in total. The van der Waals surface area contributed by atoms with Gasteiger partial charge in [0, 0.05) is 43.2 Å². The summed E-state index contributed by atoms with van der Waals surface area (Å²) in [7, 11) is 0. The summed E-state index contributed by atoms with van der Waals surface area (Å²) < 4.78 is 4.99. The molecule has 0 unspecified atom stereocenters. The van der Waals surface area contributed by atoms with Crippen molar-refractivity contribution >= 4 is 103 Å². The fourth-order valence-corrected chi connectivity index (χ4v) is 11.4. The van der Waals surface area contributed by atoms with Crippen LogP contribution >= 0.6 is 11.3 Å². The van der Waals surface area contributed by atoms with Gasteiger partial charge in [-0.05, 0) is 104 Å². The van der Waals surface area contributed by atoms with E-state index in [0.717, 1.165) is 22.7 Å². The summed E-state index contributed by atoms with van der Waals surface area (Å²) in [5, 5.41) is 12.7. The van der Waals surface area contributed by atoms with Gasteiger partial charge in [0.2, 0.25) is 0 Å². The molecule has 13 rings (SSSR count). The lowest BCUT2D eigenvalue weighted by Crippen LogP contribution is -2.11. The molecule has 0 bridgehead atoms. The van der Waals surface area contributed by atoms with Gasteiger partial charge in [0.15, 0.2) is 0 Å². The molecule has 0 fully saturated rings. The highest BCUT2D eigenvalue weighted by molar-refractivity contribution is 7.27. The molecule has 0 saturated heterocycles. The van der Waals surface area contributed by atoms with Gasteiger partial charge in [0.05, 0.1) is 27.1 Å². The van der Waals surface area contributed by atoms with E-state index in [4.69, 9.17) is 0 Å². The monoisotopic (exact) mass is 818 g/mol. The molecule has 0 aliphatic heterocycles. The number of para-hydroxylation sites is 3. The minimum Gasteiger partial charge on any atom is -0.309 e. The van der Waals surface area contributed by atoms with Gasteiger partial charge < -0.3 is 9.47 Å². The van der Waals surface area contributed by atoms with Crippen LogP contribution in [0.1, 0.15) is 0 Å². The summed E-state index contributed by atoms with van der Waals surface area (Å²) in [5.41, 5.74) is 11.7. The van der Waals surface area contributed by atoms with Gasteiger partial charge in [0.1, 0.15) is 0 Å². The highest BCUT2D eigenvalue weighted by Crippen LogP contribution is 2.49. The smallest absolute Gasteiger partial charge is 0.0640 e. The summed E-state index contributed by atoms with van der Waals surface area (Å²) in [6, 6.07) is 84.7. The molecule has 0 N–H and O–H groups in total. The first-order valence-corrected chi connectivity index (χ1v) is 22.4. The van der Waals surface area contributed by atoms with Crippen LogP contribution in [0, 0.1) is 0 Å². The van der Waals surface area contributed by atoms with E-state index in [-0.39, 0.29) is 0 Å². The predicted octanol–water partition coefficient (Wildman–Crippen LogP) is 17.4. The molecule has 0 radical (unpaired) electrons. The van der Waals surface area contributed by atoms with Gasteiger partial charge in [-0.15, -0.1) is 11.3 Å². The Bertz CT molecular complexity index is 3870. The Morgan fingerprint density at radius 3 is 1.70 bits per heavy atom. The Hall–Kier alpha value is -7.98. The van der Waals surface area contributed by atoms with Crippen LogP contribution in [0.2, 0.25) is 0 Å². The quantitative estimate of drug-likeness (QED) is 0.152. The summed E-state index contributed by atoms with van der Waals surface area (Å²) in [5.74, 6) is 0. The Kier molecular flexibility index (Phi) is 8.12. The van der Waals surface area contributed by atoms with Crippen molar-refractivity contribution in [3.8, 4) is 27.9 Å². The molecule has 13 aromatic rings. The van der Waals surface area contributed by atoms with Gasteiger partial charge in [-0.1, -0.05) is 176 Å². The van der Waals surface area contributed by atoms with Crippen LogP contribution in [0.5, 0.6) is 0 Å². The van der Waals surface area contributed by atoms with Crippen LogP contribution < -0.4 is 4.90 Å². The molecule has 63 heavy (non-hydrogen) atoms. The number of fused-ring (bicyclic) bond motifs is 11. The second-order valence-corrected chi connectivity index (χ2v) is 17.5. The molecular weight excluding hydrogens is 781 g/mol. The normalized spacial score (nSPS) is 11.8. The molecule has 3 heteroatoms. The molecule has 2 heterocycles. The maximum atomic E-state index is 2.50. The fourth-order valence-electron chi connectivity index (χ4n) is 10.1. The number of rotatable bonds is 6. The first-order chi connectivity index (χ1) is 31.3. The van der Waals surface area contributed by atoms with Gasteiger partial charge in [0.25, 0.3) is 0 Å². The van der Waals surface area contributed by atoms with Crippen molar-refractivity contribution < 1.29 is 0 Å². The van der Waals surface area contributed by atoms with E-state index in [1.165, 1.54) is 96.5 Å². The van der Waals surface area contributed by atoms with Crippen molar-refractivity contribution in [2.24, 2.45) is 0 Å². The van der Waals surface area contributed by atoms with Crippen LogP contribution in [0.4, 0.5) is 17.1 Å². The molecular formula is C60H38N2S. The maximum absolute atomic E-state index is 2.50. The molecule has 2 aromatic heterocycles. The van der Waals surface area contributed by atoms with E-state index < -0.39 is 0 Å². The van der Waals surface area contributed by atoms with Crippen LogP contribution in [-0.4, -0.2) is 4.57 Å². The molecule has 11 aromatic carbocycles. The van der Waals surface area contributed by atoms with Crippen LogP contribution in [-0.2, 0) is 0 Å². The maximum Gasteiger partial charge on any atom is 0.0640 e. The molecule has 0 saturated carbocycles. The third kappa shape index (κ3) is 5.64. The van der Waals surface area contributed by atoms with Gasteiger partial charge in [-0.25, -0.2) is 0 Å². The second kappa shape index (κ2) is 14.3. The highest BCUT2D eigenvalue weighted by atomic mass is 32.1. The molecule has 0 spiro atoms. The molecule has 294 valence electrons. The van der Waals surface area contributed by atoms with Gasteiger partial charge in [-0.2, -0.15) is 0 Å². The first-order valence-electron chi connectivity index (χ1n) is 21.6. The second-order valence-electron chi connectivity index (χ2n) is 16.4. The predicted molar refractivity (Wildman–Crippen MR) is 272 cm³/mol. The van der Waals surface area contributed by atoms with Crippen molar-refractivity contribution in [1.82, 2.24) is 4.57 Å². The number of hydrogen-bond donors (Lipinski definition) is 0. The number of benzene rings is 11. The van der Waals surface area contributed by atoms with Crippen LogP contribution in [0.3, 0.4) is 0 Å². The Balaban J connectivity index is 1.01. The van der Waals surface area contributed by atoms with Crippen LogP contribution in [0.25, 0.3) is 102 Å². The Morgan fingerprint density at radius 2 is 0.905 bits per heavy atom. The molecule has 0 amide bonds. The first kappa shape index (κ1) is 35.7. The lowest BCUT2D eigenvalue weighted by molar-refractivity contribution is 1.18. The minimum absolute atomic E-state index is 1.10. The topological polar surface area (TPSA) is 8.17 Å². The number of nitrogens with zero attached hydrogens (tertiary/aromatic N) is 2. The lowest BCUT2D eigenvalue weighted by Gasteiger charge is -2.29. The zero-order valence-electron chi connectivity index (χ0n) is 34.2. The number of anilines is 3. The van der Waals surface area contributed by atoms with E-state index in [1.807, 2.05) is 11.3 Å². The Morgan fingerprint density at radius 1 is 0.317 bits per heavy atom. The number of thiophene rings is 1. The highest BCUT2D eigenvalue weighted by Gasteiger charge is 2.23.